The van der Waals surface area contributed by atoms with Crippen LogP contribution in [0, 0.1) is 5.41 Å². The van der Waals surface area contributed by atoms with Crippen LogP contribution in [0.5, 0.6) is 0 Å². The van der Waals surface area contributed by atoms with Gasteiger partial charge in [-0.1, -0.05) is 19.9 Å². The summed E-state index contributed by atoms with van der Waals surface area (Å²) in [5.74, 6) is 0. The predicted octanol–water partition coefficient (Wildman–Crippen LogP) is 3.38. The monoisotopic (exact) mass is 202 g/mol. The lowest BCUT2D eigenvalue weighted by atomic mass is 9.77. The summed E-state index contributed by atoms with van der Waals surface area (Å²) in [6.07, 6.45) is 4.35. The van der Waals surface area contributed by atoms with Gasteiger partial charge >= 0.3 is 0 Å². The summed E-state index contributed by atoms with van der Waals surface area (Å²) in [6.45, 7) is 8.09. The Kier molecular flexibility index (Phi) is 3.81. The van der Waals surface area contributed by atoms with Gasteiger partial charge in [-0.05, 0) is 30.8 Å². The molecule has 0 heterocycles. The molecule has 0 radical (unpaired) electrons. The molecule has 2 heteroatoms. The highest BCUT2D eigenvalue weighted by molar-refractivity contribution is 6.21. The minimum Gasteiger partial charge on any atom is -0.377 e. The van der Waals surface area contributed by atoms with Gasteiger partial charge in [-0.3, -0.25) is 0 Å². The molecule has 13 heavy (non-hydrogen) atoms. The van der Waals surface area contributed by atoms with E-state index in [2.05, 4.69) is 19.9 Å². The molecule has 0 saturated carbocycles. The first kappa shape index (κ1) is 11.1. The SMILES string of the molecule is CCOCC1=CC(Cl)CC(C)(C)C1. The number of hydrogen-bond donors (Lipinski definition) is 0. The molecular formula is C11H19ClO. The quantitative estimate of drug-likeness (QED) is 0.504. The van der Waals surface area contributed by atoms with Crippen molar-refractivity contribution < 1.29 is 4.74 Å². The highest BCUT2D eigenvalue weighted by Crippen LogP contribution is 2.37. The van der Waals surface area contributed by atoms with Gasteiger partial charge < -0.3 is 4.74 Å². The normalized spacial score (nSPS) is 27.1. The predicted molar refractivity (Wildman–Crippen MR) is 57.2 cm³/mol. The first-order chi connectivity index (χ1) is 6.03. The van der Waals surface area contributed by atoms with Crippen molar-refractivity contribution in [3.63, 3.8) is 0 Å². The van der Waals surface area contributed by atoms with Gasteiger partial charge in [0.25, 0.3) is 0 Å². The molecule has 0 saturated heterocycles. The van der Waals surface area contributed by atoms with Crippen LogP contribution < -0.4 is 0 Å². The van der Waals surface area contributed by atoms with Crippen molar-refractivity contribution in [1.82, 2.24) is 0 Å². The molecule has 0 bridgehead atoms. The average Bonchev–Trinajstić information content (AvgIpc) is 1.97. The van der Waals surface area contributed by atoms with Crippen LogP contribution in [0.3, 0.4) is 0 Å². The Balaban J connectivity index is 2.53. The Labute approximate surface area is 86.1 Å². The minimum absolute atomic E-state index is 0.194. The van der Waals surface area contributed by atoms with Crippen LogP contribution in [0.25, 0.3) is 0 Å². The van der Waals surface area contributed by atoms with Gasteiger partial charge in [-0.2, -0.15) is 0 Å². The molecule has 1 atom stereocenters. The van der Waals surface area contributed by atoms with E-state index in [4.69, 9.17) is 16.3 Å². The number of allylic oxidation sites excluding steroid dienone is 1. The third-order valence-electron chi connectivity index (χ3n) is 2.36. The average molecular weight is 203 g/mol. The number of halogens is 1. The fourth-order valence-electron chi connectivity index (χ4n) is 1.92. The number of alkyl halides is 1. The van der Waals surface area contributed by atoms with E-state index in [0.717, 1.165) is 26.1 Å². The molecule has 76 valence electrons. The summed E-state index contributed by atoms with van der Waals surface area (Å²) in [5, 5.41) is 0.194. The van der Waals surface area contributed by atoms with Crippen molar-refractivity contribution >= 4 is 11.6 Å². The van der Waals surface area contributed by atoms with Crippen molar-refractivity contribution in [2.24, 2.45) is 5.41 Å². The molecule has 0 spiro atoms. The van der Waals surface area contributed by atoms with Gasteiger partial charge in [-0.15, -0.1) is 11.6 Å². The van der Waals surface area contributed by atoms with Crippen molar-refractivity contribution in [3.8, 4) is 0 Å². The molecule has 1 aliphatic carbocycles. The third kappa shape index (κ3) is 3.70. The summed E-state index contributed by atoms with van der Waals surface area (Å²) in [6, 6.07) is 0. The van der Waals surface area contributed by atoms with E-state index in [0.29, 0.717) is 5.41 Å². The molecule has 0 N–H and O–H groups in total. The van der Waals surface area contributed by atoms with Crippen LogP contribution in [0.2, 0.25) is 0 Å². The Bertz CT molecular complexity index is 196. The second-order valence-corrected chi connectivity index (χ2v) is 5.08. The molecule has 0 amide bonds. The zero-order chi connectivity index (χ0) is 9.90. The summed E-state index contributed by atoms with van der Waals surface area (Å²) in [7, 11) is 0. The summed E-state index contributed by atoms with van der Waals surface area (Å²) < 4.78 is 5.39. The lowest BCUT2D eigenvalue weighted by molar-refractivity contribution is 0.159. The smallest absolute Gasteiger partial charge is 0.0677 e. The van der Waals surface area contributed by atoms with Crippen molar-refractivity contribution in [2.75, 3.05) is 13.2 Å². The van der Waals surface area contributed by atoms with Gasteiger partial charge in [-0.25, -0.2) is 0 Å². The summed E-state index contributed by atoms with van der Waals surface area (Å²) in [5.41, 5.74) is 1.70. The van der Waals surface area contributed by atoms with E-state index in [9.17, 15) is 0 Å². The number of rotatable bonds is 3. The molecule has 0 fully saturated rings. The lowest BCUT2D eigenvalue weighted by Gasteiger charge is -2.32. The Morgan fingerprint density at radius 3 is 2.85 bits per heavy atom. The standard InChI is InChI=1S/C11H19ClO/c1-4-13-8-9-5-10(12)7-11(2,3)6-9/h5,10H,4,6-8H2,1-3H3. The molecular weight excluding hydrogens is 184 g/mol. The maximum absolute atomic E-state index is 6.14. The van der Waals surface area contributed by atoms with Crippen LogP contribution in [0.4, 0.5) is 0 Å². The van der Waals surface area contributed by atoms with E-state index in [1.165, 1.54) is 5.57 Å². The fourth-order valence-corrected chi connectivity index (χ4v) is 2.52. The lowest BCUT2D eigenvalue weighted by Crippen LogP contribution is -2.23. The highest BCUT2D eigenvalue weighted by Gasteiger charge is 2.27. The maximum atomic E-state index is 6.14. The number of ether oxygens (including phenoxy) is 1. The second-order valence-electron chi connectivity index (χ2n) is 4.52. The summed E-state index contributed by atoms with van der Waals surface area (Å²) >= 11 is 6.14. The Morgan fingerprint density at radius 1 is 1.62 bits per heavy atom. The molecule has 0 aromatic rings. The molecule has 0 aromatic heterocycles. The van der Waals surface area contributed by atoms with Gasteiger partial charge in [0.15, 0.2) is 0 Å². The van der Waals surface area contributed by atoms with E-state index in [1.54, 1.807) is 0 Å². The zero-order valence-electron chi connectivity index (χ0n) is 8.77. The highest BCUT2D eigenvalue weighted by atomic mass is 35.5. The third-order valence-corrected chi connectivity index (χ3v) is 2.64. The van der Waals surface area contributed by atoms with Crippen LogP contribution in [0.15, 0.2) is 11.6 Å². The minimum atomic E-state index is 0.194. The van der Waals surface area contributed by atoms with Gasteiger partial charge in [0.05, 0.1) is 12.0 Å². The van der Waals surface area contributed by atoms with Gasteiger partial charge in [0.1, 0.15) is 0 Å². The fraction of sp³-hybridized carbons (Fsp3) is 0.818. The van der Waals surface area contributed by atoms with Gasteiger partial charge in [0.2, 0.25) is 0 Å². The van der Waals surface area contributed by atoms with E-state index in [-0.39, 0.29) is 5.38 Å². The first-order valence-corrected chi connectivity index (χ1v) is 5.38. The molecule has 1 unspecified atom stereocenters. The topological polar surface area (TPSA) is 9.23 Å². The summed E-state index contributed by atoms with van der Waals surface area (Å²) in [4.78, 5) is 0. The van der Waals surface area contributed by atoms with Crippen LogP contribution in [-0.2, 0) is 4.74 Å². The Morgan fingerprint density at radius 2 is 2.31 bits per heavy atom. The van der Waals surface area contributed by atoms with Crippen LogP contribution in [-0.4, -0.2) is 18.6 Å². The second kappa shape index (κ2) is 4.47. The Hall–Kier alpha value is -0.0100. The van der Waals surface area contributed by atoms with E-state index in [1.807, 2.05) is 6.92 Å². The van der Waals surface area contributed by atoms with E-state index >= 15 is 0 Å². The largest absolute Gasteiger partial charge is 0.377 e. The molecule has 1 aliphatic rings. The van der Waals surface area contributed by atoms with Crippen LogP contribution in [0.1, 0.15) is 33.6 Å². The number of hydrogen-bond acceptors (Lipinski definition) is 1. The van der Waals surface area contributed by atoms with Gasteiger partial charge in [0, 0.05) is 6.61 Å². The van der Waals surface area contributed by atoms with Crippen molar-refractivity contribution in [2.45, 2.75) is 39.0 Å². The molecule has 1 rings (SSSR count). The van der Waals surface area contributed by atoms with E-state index < -0.39 is 0 Å². The molecule has 0 aliphatic heterocycles. The first-order valence-electron chi connectivity index (χ1n) is 4.95. The van der Waals surface area contributed by atoms with Crippen LogP contribution >= 0.6 is 11.6 Å². The maximum Gasteiger partial charge on any atom is 0.0677 e. The van der Waals surface area contributed by atoms with Crippen molar-refractivity contribution in [1.29, 1.82) is 0 Å². The molecule has 0 aromatic carbocycles. The zero-order valence-corrected chi connectivity index (χ0v) is 9.53. The van der Waals surface area contributed by atoms with Crippen molar-refractivity contribution in [3.05, 3.63) is 11.6 Å². The molecule has 1 nitrogen and oxygen atoms in total.